The fourth-order valence-corrected chi connectivity index (χ4v) is 2.10. The second kappa shape index (κ2) is 6.79. The summed E-state index contributed by atoms with van der Waals surface area (Å²) in [4.78, 5) is 16.2. The van der Waals surface area contributed by atoms with Crippen molar-refractivity contribution in [3.8, 4) is 11.6 Å². The first-order valence-corrected chi connectivity index (χ1v) is 7.23. The quantitative estimate of drug-likeness (QED) is 0.780. The summed E-state index contributed by atoms with van der Waals surface area (Å²) in [6.45, 7) is 2.27. The van der Waals surface area contributed by atoms with Crippen molar-refractivity contribution in [1.82, 2.24) is 10.3 Å². The largest absolute Gasteiger partial charge is 0.459 e. The summed E-state index contributed by atoms with van der Waals surface area (Å²) in [7, 11) is 0. The van der Waals surface area contributed by atoms with E-state index in [1.807, 2.05) is 37.3 Å². The molecule has 0 saturated heterocycles. The highest BCUT2D eigenvalue weighted by Crippen LogP contribution is 2.25. The molecule has 0 spiro atoms. The summed E-state index contributed by atoms with van der Waals surface area (Å²) < 4.78 is 10.9. The van der Waals surface area contributed by atoms with Crippen molar-refractivity contribution in [2.75, 3.05) is 0 Å². The number of aryl methyl sites for hydroxylation is 1. The van der Waals surface area contributed by atoms with E-state index in [0.29, 0.717) is 12.4 Å². The summed E-state index contributed by atoms with van der Waals surface area (Å²) in [5.41, 5.74) is 1.80. The zero-order valence-corrected chi connectivity index (χ0v) is 12.7. The van der Waals surface area contributed by atoms with E-state index in [4.69, 9.17) is 9.15 Å². The molecule has 116 valence electrons. The van der Waals surface area contributed by atoms with Gasteiger partial charge in [-0.25, -0.2) is 4.98 Å². The smallest absolute Gasteiger partial charge is 0.287 e. The molecule has 5 heteroatoms. The summed E-state index contributed by atoms with van der Waals surface area (Å²) in [5.74, 6) is 1.21. The maximum atomic E-state index is 11.9. The Kier molecular flexibility index (Phi) is 4.38. The highest BCUT2D eigenvalue weighted by atomic mass is 16.5. The summed E-state index contributed by atoms with van der Waals surface area (Å²) >= 11 is 0. The number of pyridine rings is 1. The molecule has 0 fully saturated rings. The van der Waals surface area contributed by atoms with Gasteiger partial charge in [0.2, 0.25) is 5.88 Å². The van der Waals surface area contributed by atoms with Crippen LogP contribution in [0.3, 0.4) is 0 Å². The third-order valence-electron chi connectivity index (χ3n) is 3.33. The number of amides is 1. The van der Waals surface area contributed by atoms with Crippen LogP contribution < -0.4 is 10.1 Å². The van der Waals surface area contributed by atoms with Crippen molar-refractivity contribution >= 4 is 5.91 Å². The molecule has 2 aromatic heterocycles. The van der Waals surface area contributed by atoms with Crippen molar-refractivity contribution in [2.24, 2.45) is 0 Å². The average molecular weight is 308 g/mol. The minimum absolute atomic E-state index is 0.273. The van der Waals surface area contributed by atoms with Crippen LogP contribution >= 0.6 is 0 Å². The van der Waals surface area contributed by atoms with Crippen LogP contribution in [0.5, 0.6) is 11.6 Å². The number of hydrogen-bond donors (Lipinski definition) is 1. The number of carbonyl (C=O) groups is 1. The van der Waals surface area contributed by atoms with Gasteiger partial charge in [-0.05, 0) is 36.8 Å². The molecule has 0 bridgehead atoms. The number of aromatic nitrogens is 1. The van der Waals surface area contributed by atoms with E-state index in [-0.39, 0.29) is 11.7 Å². The maximum absolute atomic E-state index is 11.9. The van der Waals surface area contributed by atoms with Gasteiger partial charge in [0, 0.05) is 18.3 Å². The molecule has 1 N–H and O–H groups in total. The van der Waals surface area contributed by atoms with Gasteiger partial charge >= 0.3 is 0 Å². The number of carbonyl (C=O) groups excluding carboxylic acids is 1. The lowest BCUT2D eigenvalue weighted by Crippen LogP contribution is -2.22. The number of nitrogens with one attached hydrogen (secondary N) is 1. The third-order valence-corrected chi connectivity index (χ3v) is 3.33. The number of rotatable bonds is 5. The topological polar surface area (TPSA) is 64.4 Å². The van der Waals surface area contributed by atoms with Crippen LogP contribution in [0.25, 0.3) is 0 Å². The number of nitrogens with zero attached hydrogens (tertiary/aromatic N) is 1. The van der Waals surface area contributed by atoms with Crippen molar-refractivity contribution in [3.05, 3.63) is 77.9 Å². The zero-order valence-electron chi connectivity index (χ0n) is 12.7. The lowest BCUT2D eigenvalue weighted by atomic mass is 10.2. The summed E-state index contributed by atoms with van der Waals surface area (Å²) in [5, 5.41) is 2.79. The molecule has 0 unspecified atom stereocenters. The molecule has 3 aromatic rings. The molecule has 1 aromatic carbocycles. The van der Waals surface area contributed by atoms with Crippen LogP contribution in [-0.4, -0.2) is 10.9 Å². The average Bonchev–Trinajstić information content (AvgIpc) is 3.10. The minimum Gasteiger partial charge on any atom is -0.459 e. The van der Waals surface area contributed by atoms with E-state index < -0.39 is 0 Å². The Bertz CT molecular complexity index is 798. The first kappa shape index (κ1) is 14.8. The van der Waals surface area contributed by atoms with E-state index in [1.165, 1.54) is 6.26 Å². The molecule has 0 saturated carbocycles. The first-order chi connectivity index (χ1) is 11.2. The van der Waals surface area contributed by atoms with Gasteiger partial charge in [0.1, 0.15) is 5.75 Å². The Morgan fingerprint density at radius 1 is 1.17 bits per heavy atom. The van der Waals surface area contributed by atoms with Crippen LogP contribution in [0.4, 0.5) is 0 Å². The zero-order chi connectivity index (χ0) is 16.1. The molecule has 0 aliphatic rings. The van der Waals surface area contributed by atoms with Gasteiger partial charge in [0.25, 0.3) is 5.91 Å². The highest BCUT2D eigenvalue weighted by molar-refractivity contribution is 5.91. The van der Waals surface area contributed by atoms with Gasteiger partial charge in [-0.1, -0.05) is 24.3 Å². The standard InChI is InChI=1S/C18H16N2O3/c1-13-6-2-3-8-15(13)23-18-14(7-4-10-19-18)12-20-17(21)16-9-5-11-22-16/h2-11H,12H2,1H3,(H,20,21). The number of benzene rings is 1. The fourth-order valence-electron chi connectivity index (χ4n) is 2.10. The van der Waals surface area contributed by atoms with E-state index in [0.717, 1.165) is 16.9 Å². The molecule has 1 amide bonds. The molecule has 0 atom stereocenters. The van der Waals surface area contributed by atoms with Crippen LogP contribution in [-0.2, 0) is 6.54 Å². The summed E-state index contributed by atoms with van der Waals surface area (Å²) in [6, 6.07) is 14.7. The van der Waals surface area contributed by atoms with E-state index in [9.17, 15) is 4.79 Å². The lowest BCUT2D eigenvalue weighted by Gasteiger charge is -2.11. The second-order valence-electron chi connectivity index (χ2n) is 5.00. The van der Waals surface area contributed by atoms with E-state index in [2.05, 4.69) is 10.3 Å². The normalized spacial score (nSPS) is 10.3. The Hall–Kier alpha value is -3.08. The predicted octanol–water partition coefficient (Wildman–Crippen LogP) is 3.71. The van der Waals surface area contributed by atoms with Gasteiger partial charge in [0.05, 0.1) is 6.26 Å². The van der Waals surface area contributed by atoms with Gasteiger partial charge in [-0.2, -0.15) is 0 Å². The highest BCUT2D eigenvalue weighted by Gasteiger charge is 2.11. The molecule has 23 heavy (non-hydrogen) atoms. The third kappa shape index (κ3) is 3.58. The van der Waals surface area contributed by atoms with Gasteiger partial charge < -0.3 is 14.5 Å². The Labute approximate surface area is 133 Å². The molecule has 3 rings (SSSR count). The lowest BCUT2D eigenvalue weighted by molar-refractivity contribution is 0.0923. The van der Waals surface area contributed by atoms with Crippen LogP contribution in [0, 0.1) is 6.92 Å². The molecule has 0 radical (unpaired) electrons. The second-order valence-corrected chi connectivity index (χ2v) is 5.00. The number of hydrogen-bond acceptors (Lipinski definition) is 4. The monoisotopic (exact) mass is 308 g/mol. The molecular weight excluding hydrogens is 292 g/mol. The van der Waals surface area contributed by atoms with Crippen LogP contribution in [0.1, 0.15) is 21.7 Å². The number of ether oxygens (including phenoxy) is 1. The Morgan fingerprint density at radius 3 is 2.83 bits per heavy atom. The van der Waals surface area contributed by atoms with Crippen molar-refractivity contribution in [2.45, 2.75) is 13.5 Å². The Balaban J connectivity index is 1.73. The van der Waals surface area contributed by atoms with Crippen molar-refractivity contribution in [1.29, 1.82) is 0 Å². The molecule has 2 heterocycles. The van der Waals surface area contributed by atoms with Crippen molar-refractivity contribution in [3.63, 3.8) is 0 Å². The number of para-hydroxylation sites is 1. The molecular formula is C18H16N2O3. The molecule has 0 aliphatic heterocycles. The molecule has 0 aliphatic carbocycles. The van der Waals surface area contributed by atoms with Gasteiger partial charge in [-0.15, -0.1) is 0 Å². The van der Waals surface area contributed by atoms with Crippen LogP contribution in [0.2, 0.25) is 0 Å². The fraction of sp³-hybridized carbons (Fsp3) is 0.111. The number of furan rings is 1. The summed E-state index contributed by atoms with van der Waals surface area (Å²) in [6.07, 6.45) is 3.12. The van der Waals surface area contributed by atoms with E-state index in [1.54, 1.807) is 24.4 Å². The molecule has 5 nitrogen and oxygen atoms in total. The Morgan fingerprint density at radius 2 is 2.04 bits per heavy atom. The predicted molar refractivity (Wildman–Crippen MR) is 85.4 cm³/mol. The van der Waals surface area contributed by atoms with Crippen LogP contribution in [0.15, 0.2) is 65.4 Å². The first-order valence-electron chi connectivity index (χ1n) is 7.23. The van der Waals surface area contributed by atoms with E-state index >= 15 is 0 Å². The van der Waals surface area contributed by atoms with Crippen molar-refractivity contribution < 1.29 is 13.9 Å². The minimum atomic E-state index is -0.277. The maximum Gasteiger partial charge on any atom is 0.287 e. The van der Waals surface area contributed by atoms with Gasteiger partial charge in [0.15, 0.2) is 5.76 Å². The van der Waals surface area contributed by atoms with Gasteiger partial charge in [-0.3, -0.25) is 4.79 Å². The SMILES string of the molecule is Cc1ccccc1Oc1ncccc1CNC(=O)c1ccco1.